The minimum absolute atomic E-state index is 0.0869. The van der Waals surface area contributed by atoms with Crippen LogP contribution in [-0.4, -0.2) is 47.5 Å². The van der Waals surface area contributed by atoms with E-state index < -0.39 is 0 Å². The standard InChI is InChI=1S/C16H21N3O2/c20-9-8-19(11-13-2-1-6-17-13)16-15-10-14(21)4-3-12(15)5-7-18-16/h3-5,7,10,13,17,20-21H,1-2,6,8-9,11H2. The van der Waals surface area contributed by atoms with E-state index in [1.807, 2.05) is 12.1 Å². The third-order valence-electron chi connectivity index (χ3n) is 4.00. The number of benzene rings is 1. The first-order valence-electron chi connectivity index (χ1n) is 7.45. The molecule has 1 fully saturated rings. The lowest BCUT2D eigenvalue weighted by molar-refractivity contribution is 0.300. The molecule has 5 heteroatoms. The van der Waals surface area contributed by atoms with Gasteiger partial charge in [-0.15, -0.1) is 0 Å². The SMILES string of the molecule is OCCN(CC1CCCN1)c1nccc2ccc(O)cc12. The summed E-state index contributed by atoms with van der Waals surface area (Å²) in [5.41, 5.74) is 0. The monoisotopic (exact) mass is 287 g/mol. The average Bonchev–Trinajstić information content (AvgIpc) is 2.99. The van der Waals surface area contributed by atoms with Crippen LogP contribution in [-0.2, 0) is 0 Å². The molecule has 3 N–H and O–H groups in total. The van der Waals surface area contributed by atoms with Crippen LogP contribution in [0, 0.1) is 0 Å². The molecule has 112 valence electrons. The summed E-state index contributed by atoms with van der Waals surface area (Å²) in [6, 6.07) is 7.68. The van der Waals surface area contributed by atoms with Crippen LogP contribution in [0.4, 0.5) is 5.82 Å². The number of anilines is 1. The van der Waals surface area contributed by atoms with Gasteiger partial charge < -0.3 is 20.4 Å². The van der Waals surface area contributed by atoms with E-state index in [1.165, 1.54) is 6.42 Å². The molecule has 5 nitrogen and oxygen atoms in total. The van der Waals surface area contributed by atoms with Gasteiger partial charge in [-0.05, 0) is 43.0 Å². The van der Waals surface area contributed by atoms with Crippen LogP contribution in [0.3, 0.4) is 0 Å². The summed E-state index contributed by atoms with van der Waals surface area (Å²) in [5.74, 6) is 1.06. The fourth-order valence-electron chi connectivity index (χ4n) is 2.98. The van der Waals surface area contributed by atoms with Crippen LogP contribution in [0.25, 0.3) is 10.8 Å². The van der Waals surface area contributed by atoms with Crippen molar-refractivity contribution in [3.05, 3.63) is 30.5 Å². The van der Waals surface area contributed by atoms with Crippen LogP contribution in [0.2, 0.25) is 0 Å². The van der Waals surface area contributed by atoms with Gasteiger partial charge in [-0.1, -0.05) is 6.07 Å². The molecule has 1 aliphatic rings. The summed E-state index contributed by atoms with van der Waals surface area (Å²) in [6.45, 7) is 2.51. The van der Waals surface area contributed by atoms with Gasteiger partial charge in [0.15, 0.2) is 0 Å². The van der Waals surface area contributed by atoms with Crippen LogP contribution >= 0.6 is 0 Å². The molecule has 1 aromatic heterocycles. The highest BCUT2D eigenvalue weighted by atomic mass is 16.3. The number of pyridine rings is 1. The smallest absolute Gasteiger partial charge is 0.136 e. The predicted molar refractivity (Wildman–Crippen MR) is 83.7 cm³/mol. The fourth-order valence-corrected chi connectivity index (χ4v) is 2.98. The lowest BCUT2D eigenvalue weighted by Gasteiger charge is -2.27. The molecule has 1 atom stereocenters. The summed E-state index contributed by atoms with van der Waals surface area (Å²) in [6.07, 6.45) is 4.13. The summed E-state index contributed by atoms with van der Waals surface area (Å²) < 4.78 is 0. The Labute approximate surface area is 124 Å². The minimum Gasteiger partial charge on any atom is -0.508 e. The Kier molecular flexibility index (Phi) is 4.22. The van der Waals surface area contributed by atoms with Crippen molar-refractivity contribution in [3.63, 3.8) is 0 Å². The number of aromatic nitrogens is 1. The zero-order valence-electron chi connectivity index (χ0n) is 12.0. The Hall–Kier alpha value is -1.85. The summed E-state index contributed by atoms with van der Waals surface area (Å²) in [4.78, 5) is 6.59. The molecule has 21 heavy (non-hydrogen) atoms. The lowest BCUT2D eigenvalue weighted by Crippen LogP contribution is -2.39. The second-order valence-electron chi connectivity index (χ2n) is 5.50. The number of aliphatic hydroxyl groups is 1. The molecule has 0 saturated carbocycles. The molecule has 1 saturated heterocycles. The second kappa shape index (κ2) is 6.28. The van der Waals surface area contributed by atoms with E-state index in [0.29, 0.717) is 12.6 Å². The molecular formula is C16H21N3O2. The van der Waals surface area contributed by atoms with Crippen LogP contribution in [0.1, 0.15) is 12.8 Å². The number of aromatic hydroxyl groups is 1. The molecule has 0 radical (unpaired) electrons. The van der Waals surface area contributed by atoms with Gasteiger partial charge in [0, 0.05) is 30.7 Å². The van der Waals surface area contributed by atoms with Gasteiger partial charge in [-0.3, -0.25) is 0 Å². The number of hydrogen-bond donors (Lipinski definition) is 3. The van der Waals surface area contributed by atoms with Crippen molar-refractivity contribution >= 4 is 16.6 Å². The number of nitrogens with one attached hydrogen (secondary N) is 1. The highest BCUT2D eigenvalue weighted by Gasteiger charge is 2.20. The molecule has 0 bridgehead atoms. The van der Waals surface area contributed by atoms with Gasteiger partial charge in [0.2, 0.25) is 0 Å². The molecule has 0 amide bonds. The third-order valence-corrected chi connectivity index (χ3v) is 4.00. The van der Waals surface area contributed by atoms with E-state index in [9.17, 15) is 10.2 Å². The molecule has 0 aliphatic carbocycles. The van der Waals surface area contributed by atoms with Crippen molar-refractivity contribution in [1.29, 1.82) is 0 Å². The van der Waals surface area contributed by atoms with Crippen molar-refractivity contribution in [2.45, 2.75) is 18.9 Å². The Morgan fingerprint density at radius 1 is 1.33 bits per heavy atom. The van der Waals surface area contributed by atoms with Crippen molar-refractivity contribution in [2.24, 2.45) is 0 Å². The van der Waals surface area contributed by atoms with E-state index in [-0.39, 0.29) is 12.4 Å². The number of nitrogens with zero attached hydrogens (tertiary/aromatic N) is 2. The largest absolute Gasteiger partial charge is 0.508 e. The Bertz CT molecular complexity index is 611. The average molecular weight is 287 g/mol. The van der Waals surface area contributed by atoms with Gasteiger partial charge in [0.25, 0.3) is 0 Å². The number of phenolic OH excluding ortho intramolecular Hbond substituents is 1. The number of rotatable bonds is 5. The topological polar surface area (TPSA) is 68.6 Å². The first-order valence-corrected chi connectivity index (χ1v) is 7.45. The molecule has 0 spiro atoms. The molecule has 2 heterocycles. The Balaban J connectivity index is 1.95. The van der Waals surface area contributed by atoms with Gasteiger partial charge in [0.05, 0.1) is 6.61 Å². The molecule has 1 aromatic carbocycles. The van der Waals surface area contributed by atoms with Crippen molar-refractivity contribution < 1.29 is 10.2 Å². The van der Waals surface area contributed by atoms with Crippen LogP contribution in [0.15, 0.2) is 30.5 Å². The maximum Gasteiger partial charge on any atom is 0.136 e. The van der Waals surface area contributed by atoms with E-state index in [4.69, 9.17) is 0 Å². The highest BCUT2D eigenvalue weighted by Crippen LogP contribution is 2.28. The van der Waals surface area contributed by atoms with Gasteiger partial charge >= 0.3 is 0 Å². The normalized spacial score (nSPS) is 18.2. The van der Waals surface area contributed by atoms with Crippen LogP contribution < -0.4 is 10.2 Å². The zero-order valence-corrected chi connectivity index (χ0v) is 12.0. The van der Waals surface area contributed by atoms with E-state index in [1.54, 1.807) is 18.3 Å². The number of phenols is 1. The maximum absolute atomic E-state index is 9.74. The molecule has 1 aliphatic heterocycles. The number of hydrogen-bond acceptors (Lipinski definition) is 5. The highest BCUT2D eigenvalue weighted by molar-refractivity contribution is 5.93. The zero-order chi connectivity index (χ0) is 14.7. The molecular weight excluding hydrogens is 266 g/mol. The minimum atomic E-state index is 0.0869. The summed E-state index contributed by atoms with van der Waals surface area (Å²) in [5, 5.41) is 24.5. The Morgan fingerprint density at radius 3 is 3.00 bits per heavy atom. The van der Waals surface area contributed by atoms with E-state index in [0.717, 1.165) is 36.1 Å². The first-order chi connectivity index (χ1) is 10.3. The van der Waals surface area contributed by atoms with E-state index in [2.05, 4.69) is 15.2 Å². The number of fused-ring (bicyclic) bond motifs is 1. The molecule has 3 rings (SSSR count). The molecule has 2 aromatic rings. The number of aliphatic hydroxyl groups excluding tert-OH is 1. The van der Waals surface area contributed by atoms with E-state index >= 15 is 0 Å². The summed E-state index contributed by atoms with van der Waals surface area (Å²) >= 11 is 0. The van der Waals surface area contributed by atoms with Crippen molar-refractivity contribution in [1.82, 2.24) is 10.3 Å². The fraction of sp³-hybridized carbons (Fsp3) is 0.438. The van der Waals surface area contributed by atoms with Gasteiger partial charge in [0.1, 0.15) is 11.6 Å². The van der Waals surface area contributed by atoms with Crippen LogP contribution in [0.5, 0.6) is 5.75 Å². The van der Waals surface area contributed by atoms with Crippen molar-refractivity contribution in [2.75, 3.05) is 31.1 Å². The first kappa shape index (κ1) is 14.1. The van der Waals surface area contributed by atoms with Crippen molar-refractivity contribution in [3.8, 4) is 5.75 Å². The predicted octanol–water partition coefficient (Wildman–Crippen LogP) is 1.49. The van der Waals surface area contributed by atoms with Gasteiger partial charge in [-0.25, -0.2) is 4.98 Å². The second-order valence-corrected chi connectivity index (χ2v) is 5.50. The lowest BCUT2D eigenvalue weighted by atomic mass is 10.1. The quantitative estimate of drug-likeness (QED) is 0.777. The summed E-state index contributed by atoms with van der Waals surface area (Å²) in [7, 11) is 0. The van der Waals surface area contributed by atoms with Gasteiger partial charge in [-0.2, -0.15) is 0 Å². The third kappa shape index (κ3) is 3.09. The Morgan fingerprint density at radius 2 is 2.24 bits per heavy atom. The maximum atomic E-state index is 9.74. The molecule has 1 unspecified atom stereocenters.